The number of pyridine rings is 1. The summed E-state index contributed by atoms with van der Waals surface area (Å²) >= 11 is 0. The van der Waals surface area contributed by atoms with E-state index >= 15 is 0 Å². The standard InChI is InChI=1S/C37H39F3N8O4/c38-37(39,40)31-22-28(5-2-27(31)24-41)45-14-10-26(11-15-45)25-3-6-30(7-4-25)52-21-1-13-44-17-19-46(20-18-44)29-12-16-47-33(23-29)43-48(36(47)51)32-8-9-34(49)42-35(32)50/h2-7,12,16,22-23,26,32H,1,8-11,13-15,17-21H2,(H,42,49,50). The molecule has 0 aliphatic carbocycles. The van der Waals surface area contributed by atoms with E-state index in [2.05, 4.69) is 32.3 Å². The van der Waals surface area contributed by atoms with E-state index in [1.807, 2.05) is 29.2 Å². The highest BCUT2D eigenvalue weighted by molar-refractivity contribution is 5.99. The monoisotopic (exact) mass is 716 g/mol. The highest BCUT2D eigenvalue weighted by atomic mass is 19.4. The zero-order valence-corrected chi connectivity index (χ0v) is 28.5. The van der Waals surface area contributed by atoms with Gasteiger partial charge in [0.15, 0.2) is 5.65 Å². The van der Waals surface area contributed by atoms with Crippen LogP contribution in [-0.2, 0) is 15.8 Å². The van der Waals surface area contributed by atoms with Crippen LogP contribution in [0.2, 0.25) is 0 Å². The zero-order chi connectivity index (χ0) is 36.4. The molecule has 1 atom stereocenters. The van der Waals surface area contributed by atoms with Crippen molar-refractivity contribution in [3.05, 3.63) is 88.0 Å². The molecule has 2 amide bonds. The SMILES string of the molecule is N#Cc1ccc(N2CCC(c3ccc(OCCCN4CCN(c5ccn6c(=O)n(C7CCC(=O)NC7=O)nc6c5)CC4)cc3)CC2)cc1C(F)(F)F. The lowest BCUT2D eigenvalue weighted by Gasteiger charge is -2.36. The molecular formula is C37H39F3N8O4. The summed E-state index contributed by atoms with van der Waals surface area (Å²) in [6.45, 7) is 6.15. The predicted molar refractivity (Wildman–Crippen MR) is 186 cm³/mol. The molecule has 272 valence electrons. The predicted octanol–water partition coefficient (Wildman–Crippen LogP) is 4.34. The van der Waals surface area contributed by atoms with Gasteiger partial charge in [-0.05, 0) is 73.6 Å². The van der Waals surface area contributed by atoms with Crippen LogP contribution in [0.15, 0.2) is 65.6 Å². The molecule has 3 fully saturated rings. The lowest BCUT2D eigenvalue weighted by Crippen LogP contribution is -2.46. The van der Waals surface area contributed by atoms with Gasteiger partial charge in [-0.25, -0.2) is 4.79 Å². The molecule has 52 heavy (non-hydrogen) atoms. The quantitative estimate of drug-likeness (QED) is 0.199. The van der Waals surface area contributed by atoms with E-state index in [1.54, 1.807) is 18.3 Å². The van der Waals surface area contributed by atoms with Gasteiger partial charge >= 0.3 is 11.9 Å². The molecular weight excluding hydrogens is 677 g/mol. The number of amides is 2. The number of halogens is 3. The second-order valence-corrected chi connectivity index (χ2v) is 13.5. The van der Waals surface area contributed by atoms with Crippen molar-refractivity contribution >= 4 is 28.8 Å². The van der Waals surface area contributed by atoms with Crippen LogP contribution in [0.4, 0.5) is 24.5 Å². The molecule has 15 heteroatoms. The third-order valence-electron chi connectivity index (χ3n) is 10.3. The Morgan fingerprint density at radius 1 is 0.885 bits per heavy atom. The summed E-state index contributed by atoms with van der Waals surface area (Å²) in [5.74, 6) is 0.263. The molecule has 12 nitrogen and oxygen atoms in total. The number of piperazine rings is 1. The molecule has 2 aromatic heterocycles. The molecule has 1 unspecified atom stereocenters. The molecule has 0 bridgehead atoms. The Morgan fingerprint density at radius 3 is 2.29 bits per heavy atom. The van der Waals surface area contributed by atoms with Gasteiger partial charge in [-0.2, -0.15) is 23.1 Å². The summed E-state index contributed by atoms with van der Waals surface area (Å²) in [4.78, 5) is 43.4. The smallest absolute Gasteiger partial charge is 0.417 e. The van der Waals surface area contributed by atoms with Crippen molar-refractivity contribution in [2.75, 3.05) is 62.2 Å². The topological polar surface area (TPSA) is 128 Å². The van der Waals surface area contributed by atoms with Gasteiger partial charge in [-0.3, -0.25) is 24.2 Å². The fraction of sp³-hybridized carbons (Fsp3) is 0.432. The molecule has 7 rings (SSSR count). The average molecular weight is 717 g/mol. The van der Waals surface area contributed by atoms with Gasteiger partial charge in [0.2, 0.25) is 5.91 Å². The fourth-order valence-corrected chi connectivity index (χ4v) is 7.37. The number of nitriles is 1. The fourth-order valence-electron chi connectivity index (χ4n) is 7.37. The summed E-state index contributed by atoms with van der Waals surface area (Å²) in [5, 5.41) is 15.8. The van der Waals surface area contributed by atoms with Gasteiger partial charge in [0.05, 0.1) is 23.8 Å². The van der Waals surface area contributed by atoms with Gasteiger partial charge in [0, 0.05) is 75.9 Å². The van der Waals surface area contributed by atoms with Crippen LogP contribution in [0.25, 0.3) is 5.65 Å². The maximum absolute atomic E-state index is 13.4. The number of anilines is 2. The number of hydrogen-bond donors (Lipinski definition) is 1. The molecule has 0 spiro atoms. The minimum atomic E-state index is -4.57. The molecule has 0 radical (unpaired) electrons. The summed E-state index contributed by atoms with van der Waals surface area (Å²) < 4.78 is 48.9. The number of carbonyl (C=O) groups is 2. The lowest BCUT2D eigenvalue weighted by atomic mass is 9.89. The van der Waals surface area contributed by atoms with Crippen molar-refractivity contribution in [1.29, 1.82) is 5.26 Å². The lowest BCUT2D eigenvalue weighted by molar-refractivity contribution is -0.138. The number of benzene rings is 2. The molecule has 4 aromatic rings. The van der Waals surface area contributed by atoms with Crippen molar-refractivity contribution in [3.8, 4) is 11.8 Å². The van der Waals surface area contributed by atoms with Crippen LogP contribution in [0.1, 0.15) is 60.8 Å². The van der Waals surface area contributed by atoms with Crippen LogP contribution < -0.4 is 25.5 Å². The number of fused-ring (bicyclic) bond motifs is 1. The number of hydrogen-bond acceptors (Lipinski definition) is 9. The largest absolute Gasteiger partial charge is 0.494 e. The van der Waals surface area contributed by atoms with Crippen molar-refractivity contribution in [2.24, 2.45) is 0 Å². The molecule has 2 aromatic carbocycles. The van der Waals surface area contributed by atoms with Crippen LogP contribution in [-0.4, -0.2) is 83.3 Å². The Morgan fingerprint density at radius 2 is 1.60 bits per heavy atom. The molecule has 3 aliphatic rings. The molecule has 3 aliphatic heterocycles. The summed E-state index contributed by atoms with van der Waals surface area (Å²) in [5.41, 5.74) is 1.43. The number of imide groups is 1. The Bertz CT molecular complexity index is 2040. The summed E-state index contributed by atoms with van der Waals surface area (Å²) in [6.07, 6.45) is 0.0294. The van der Waals surface area contributed by atoms with Crippen LogP contribution in [0, 0.1) is 11.3 Å². The highest BCUT2D eigenvalue weighted by Gasteiger charge is 2.35. The summed E-state index contributed by atoms with van der Waals surface area (Å²) in [6, 6.07) is 16.6. The number of aromatic nitrogens is 3. The first-order chi connectivity index (χ1) is 25.1. The number of ether oxygens (including phenoxy) is 1. The Balaban J connectivity index is 0.837. The van der Waals surface area contributed by atoms with Gasteiger partial charge < -0.3 is 14.5 Å². The van der Waals surface area contributed by atoms with E-state index in [4.69, 9.17) is 10.00 Å². The first-order valence-electron chi connectivity index (χ1n) is 17.6. The van der Waals surface area contributed by atoms with E-state index < -0.39 is 29.4 Å². The number of rotatable bonds is 9. The number of nitrogens with zero attached hydrogens (tertiary/aromatic N) is 7. The van der Waals surface area contributed by atoms with E-state index in [9.17, 15) is 27.6 Å². The van der Waals surface area contributed by atoms with E-state index in [0.717, 1.165) is 69.5 Å². The number of nitrogens with one attached hydrogen (secondary N) is 1. The Hall–Kier alpha value is -5.36. The summed E-state index contributed by atoms with van der Waals surface area (Å²) in [7, 11) is 0. The van der Waals surface area contributed by atoms with Gasteiger partial charge in [-0.1, -0.05) is 12.1 Å². The van der Waals surface area contributed by atoms with Gasteiger partial charge in [0.1, 0.15) is 11.8 Å². The number of alkyl halides is 3. The molecule has 3 saturated heterocycles. The maximum atomic E-state index is 13.4. The maximum Gasteiger partial charge on any atom is 0.417 e. The van der Waals surface area contributed by atoms with Crippen molar-refractivity contribution < 1.29 is 27.5 Å². The highest BCUT2D eigenvalue weighted by Crippen LogP contribution is 2.37. The molecule has 1 N–H and O–H groups in total. The van der Waals surface area contributed by atoms with Gasteiger partial charge in [0.25, 0.3) is 5.91 Å². The van der Waals surface area contributed by atoms with Gasteiger partial charge in [-0.15, -0.1) is 5.10 Å². The Kier molecular flexibility index (Phi) is 9.92. The minimum Gasteiger partial charge on any atom is -0.494 e. The molecule has 0 saturated carbocycles. The van der Waals surface area contributed by atoms with Crippen LogP contribution in [0.5, 0.6) is 5.75 Å². The second kappa shape index (κ2) is 14.7. The third kappa shape index (κ3) is 7.48. The Labute approximate surface area is 298 Å². The van der Waals surface area contributed by atoms with Crippen LogP contribution >= 0.6 is 0 Å². The first-order valence-corrected chi connectivity index (χ1v) is 17.6. The third-order valence-corrected chi connectivity index (χ3v) is 10.3. The second-order valence-electron chi connectivity index (χ2n) is 13.5. The average Bonchev–Trinajstić information content (AvgIpc) is 3.48. The number of piperidine rings is 2. The van der Waals surface area contributed by atoms with Crippen molar-refractivity contribution in [1.82, 2.24) is 24.4 Å². The minimum absolute atomic E-state index is 0.167. The zero-order valence-electron chi connectivity index (χ0n) is 28.5. The van der Waals surface area contributed by atoms with Crippen molar-refractivity contribution in [3.63, 3.8) is 0 Å². The van der Waals surface area contributed by atoms with Crippen molar-refractivity contribution in [2.45, 2.75) is 50.2 Å². The first kappa shape index (κ1) is 35.1. The molecule has 5 heterocycles. The number of carbonyl (C=O) groups excluding carboxylic acids is 2. The van der Waals surface area contributed by atoms with E-state index in [1.165, 1.54) is 20.7 Å². The van der Waals surface area contributed by atoms with Crippen LogP contribution in [0.3, 0.4) is 0 Å². The van der Waals surface area contributed by atoms with E-state index in [-0.39, 0.29) is 24.3 Å². The van der Waals surface area contributed by atoms with E-state index in [0.29, 0.717) is 36.9 Å². The normalized spacial score (nSPS) is 19.2.